The van der Waals surface area contributed by atoms with Crippen LogP contribution in [0, 0.1) is 23.6 Å². The van der Waals surface area contributed by atoms with E-state index in [0.29, 0.717) is 36.4 Å². The van der Waals surface area contributed by atoms with Gasteiger partial charge in [0.15, 0.2) is 11.6 Å². The molecule has 184 valence electrons. The quantitative estimate of drug-likeness (QED) is 0.200. The Morgan fingerprint density at radius 1 is 1.33 bits per heavy atom. The molecule has 2 heterocycles. The molecule has 1 saturated heterocycles. The summed E-state index contributed by atoms with van der Waals surface area (Å²) in [5.74, 6) is -1.35. The van der Waals surface area contributed by atoms with Gasteiger partial charge < -0.3 is 9.80 Å². The van der Waals surface area contributed by atoms with Crippen molar-refractivity contribution in [3.8, 4) is 0 Å². The molecular weight excluding hydrogens is 453 g/mol. The molecule has 3 atom stereocenters. The number of halogens is 2. The number of rotatable bonds is 10. The highest BCUT2D eigenvalue weighted by Crippen LogP contribution is 2.32. The van der Waals surface area contributed by atoms with Crippen molar-refractivity contribution in [2.45, 2.75) is 45.1 Å². The highest BCUT2D eigenvalue weighted by molar-refractivity contribution is 6.28. The van der Waals surface area contributed by atoms with Gasteiger partial charge in [0.05, 0.1) is 12.5 Å². The number of hydrogen-bond donors (Lipinski definition) is 3. The molecule has 1 aromatic heterocycles. The van der Waals surface area contributed by atoms with Gasteiger partial charge in [0.25, 0.3) is 0 Å². The number of likely N-dealkylation sites (N-methyl/N-ethyl adjacent to an activating group) is 1. The monoisotopic (exact) mass is 485 g/mol. The van der Waals surface area contributed by atoms with E-state index in [1.807, 2.05) is 19.0 Å². The fourth-order valence-electron chi connectivity index (χ4n) is 4.90. The molecule has 0 radical (unpaired) electrons. The van der Waals surface area contributed by atoms with Gasteiger partial charge in [0.2, 0.25) is 23.4 Å². The third-order valence-electron chi connectivity index (χ3n) is 6.64. The maximum atomic E-state index is 15.3. The summed E-state index contributed by atoms with van der Waals surface area (Å²) in [5.41, 5.74) is 4.99. The summed E-state index contributed by atoms with van der Waals surface area (Å²) >= 11 is 6.06. The lowest BCUT2D eigenvalue weighted by atomic mass is 9.92. The summed E-state index contributed by atoms with van der Waals surface area (Å²) in [7, 11) is 3.97. The number of hydrogen-bond acceptors (Lipinski definition) is 8. The van der Waals surface area contributed by atoms with Crippen LogP contribution in [-0.4, -0.2) is 77.2 Å². The maximum absolute atomic E-state index is 15.3. The van der Waals surface area contributed by atoms with Crippen molar-refractivity contribution in [3.05, 3.63) is 11.1 Å². The molecule has 3 rings (SSSR count). The van der Waals surface area contributed by atoms with E-state index in [1.165, 1.54) is 0 Å². The third kappa shape index (κ3) is 6.42. The molecule has 0 bridgehead atoms. The van der Waals surface area contributed by atoms with E-state index in [9.17, 15) is 14.8 Å². The predicted molar refractivity (Wildman–Crippen MR) is 122 cm³/mol. The average molecular weight is 486 g/mol. The molecule has 1 aliphatic heterocycles. The van der Waals surface area contributed by atoms with Crippen molar-refractivity contribution in [1.29, 1.82) is 0 Å². The molecule has 0 unspecified atom stereocenters. The van der Waals surface area contributed by atoms with Crippen LogP contribution in [0.3, 0.4) is 0 Å². The number of hydroxylamine groups is 2. The van der Waals surface area contributed by atoms with Crippen molar-refractivity contribution < 1.29 is 19.2 Å². The van der Waals surface area contributed by atoms with Gasteiger partial charge in [-0.05, 0) is 44.0 Å². The molecule has 12 heteroatoms. The number of nitrogens with one attached hydrogen (secondary N) is 2. The van der Waals surface area contributed by atoms with Crippen molar-refractivity contribution >= 4 is 35.6 Å². The number of amides is 2. The summed E-state index contributed by atoms with van der Waals surface area (Å²) in [6, 6.07) is 0.241. The topological polar surface area (TPSA) is 114 Å². The van der Waals surface area contributed by atoms with Crippen LogP contribution in [0.5, 0.6) is 0 Å². The zero-order valence-electron chi connectivity index (χ0n) is 19.3. The van der Waals surface area contributed by atoms with Gasteiger partial charge in [-0.1, -0.05) is 32.6 Å². The molecular formula is C21H33ClFN7O3. The fraction of sp³-hybridized carbons (Fsp3) is 0.714. The van der Waals surface area contributed by atoms with E-state index in [4.69, 9.17) is 11.6 Å². The summed E-state index contributed by atoms with van der Waals surface area (Å²) in [6.45, 7) is 3.15. The minimum Gasteiger partial charge on any atom is -0.352 e. The Kier molecular flexibility index (Phi) is 8.66. The van der Waals surface area contributed by atoms with Crippen LogP contribution in [0.2, 0.25) is 5.28 Å². The molecule has 33 heavy (non-hydrogen) atoms. The van der Waals surface area contributed by atoms with Gasteiger partial charge >= 0.3 is 0 Å². The molecule has 2 amide bonds. The number of carbonyl (C=O) groups is 2. The van der Waals surface area contributed by atoms with Gasteiger partial charge in [-0.2, -0.15) is 14.4 Å². The zero-order valence-corrected chi connectivity index (χ0v) is 20.1. The molecule has 3 N–H and O–H groups in total. The van der Waals surface area contributed by atoms with Crippen LogP contribution in [0.15, 0.2) is 0 Å². The van der Waals surface area contributed by atoms with Crippen LogP contribution in [0.1, 0.15) is 39.0 Å². The molecule has 1 aromatic rings. The van der Waals surface area contributed by atoms with E-state index >= 15 is 4.39 Å². The molecule has 1 aliphatic carbocycles. The van der Waals surface area contributed by atoms with Gasteiger partial charge in [0.1, 0.15) is 0 Å². The van der Waals surface area contributed by atoms with Crippen LogP contribution >= 0.6 is 11.6 Å². The first-order valence-electron chi connectivity index (χ1n) is 11.3. The number of aromatic nitrogens is 2. The van der Waals surface area contributed by atoms with Crippen molar-refractivity contribution in [1.82, 2.24) is 25.4 Å². The fourth-order valence-corrected chi connectivity index (χ4v) is 5.07. The first kappa shape index (κ1) is 25.4. The Morgan fingerprint density at radius 3 is 2.64 bits per heavy atom. The van der Waals surface area contributed by atoms with E-state index in [-0.39, 0.29) is 35.9 Å². The summed E-state index contributed by atoms with van der Waals surface area (Å²) in [4.78, 5) is 35.6. The molecule has 0 spiro atoms. The highest BCUT2D eigenvalue weighted by atomic mass is 35.5. The molecule has 10 nitrogen and oxygen atoms in total. The average Bonchev–Trinajstić information content (AvgIpc) is 3.42. The molecule has 2 aliphatic rings. The summed E-state index contributed by atoms with van der Waals surface area (Å²) < 4.78 is 15.3. The first-order valence-corrected chi connectivity index (χ1v) is 11.7. The second kappa shape index (κ2) is 11.3. The largest absolute Gasteiger partial charge is 0.352 e. The van der Waals surface area contributed by atoms with E-state index in [0.717, 1.165) is 25.7 Å². The van der Waals surface area contributed by atoms with Crippen molar-refractivity contribution in [2.75, 3.05) is 44.1 Å². The maximum Gasteiger partial charge on any atom is 0.243 e. The summed E-state index contributed by atoms with van der Waals surface area (Å²) in [5, 5.41) is 9.92. The number of anilines is 2. The lowest BCUT2D eigenvalue weighted by molar-refractivity contribution is -0.154. The lowest BCUT2D eigenvalue weighted by Gasteiger charge is -2.24. The Bertz CT molecular complexity index is 840. The Morgan fingerprint density at radius 2 is 2.03 bits per heavy atom. The van der Waals surface area contributed by atoms with E-state index < -0.39 is 17.6 Å². The van der Waals surface area contributed by atoms with Crippen molar-refractivity contribution in [2.24, 2.45) is 17.8 Å². The lowest BCUT2D eigenvalue weighted by Crippen LogP contribution is -2.41. The second-order valence-corrected chi connectivity index (χ2v) is 9.65. The Hall–Kier alpha value is -2.24. The van der Waals surface area contributed by atoms with Crippen LogP contribution in [-0.2, 0) is 9.59 Å². The Balaban J connectivity index is 1.70. The zero-order chi connectivity index (χ0) is 24.1. The summed E-state index contributed by atoms with van der Waals surface area (Å²) in [6.07, 6.45) is 5.00. The predicted octanol–water partition coefficient (Wildman–Crippen LogP) is 2.14. The molecule has 0 aromatic carbocycles. The van der Waals surface area contributed by atoms with E-state index in [1.54, 1.807) is 0 Å². The SMILES string of the molecule is C[C@@H]1CN(c2nc(Cl)nc(NNC(=O)[C@H](CC3CCCC3)CN(O)C=O)c2F)C[C@@H]1N(C)C. The molecule has 1 saturated carbocycles. The van der Waals surface area contributed by atoms with Gasteiger partial charge in [-0.15, -0.1) is 0 Å². The van der Waals surface area contributed by atoms with Gasteiger partial charge in [0, 0.05) is 19.1 Å². The number of hydrazine groups is 1. The van der Waals surface area contributed by atoms with Gasteiger partial charge in [-0.3, -0.25) is 25.6 Å². The minimum absolute atomic E-state index is 0.0768. The highest BCUT2D eigenvalue weighted by Gasteiger charge is 2.34. The van der Waals surface area contributed by atoms with Crippen LogP contribution < -0.4 is 15.8 Å². The smallest absolute Gasteiger partial charge is 0.243 e. The number of nitrogens with zero attached hydrogens (tertiary/aromatic N) is 5. The van der Waals surface area contributed by atoms with Crippen LogP contribution in [0.4, 0.5) is 16.0 Å². The standard InChI is InChI=1S/C21H33ClFN7O3/c1-13-9-29(11-16(13)28(2)3)19-17(23)18(24-21(22)25-19)26-27-20(32)15(10-30(33)12-31)8-14-6-4-5-7-14/h12-16,33H,4-11H2,1-3H3,(H,27,32)(H,24,25,26)/t13-,15-,16+/m1/s1. The number of carbonyl (C=O) groups excluding carboxylic acids is 2. The normalized spacial score (nSPS) is 22.0. The minimum atomic E-state index is -0.713. The third-order valence-corrected chi connectivity index (χ3v) is 6.81. The molecule has 2 fully saturated rings. The van der Waals surface area contributed by atoms with E-state index in [2.05, 4.69) is 32.6 Å². The first-order chi connectivity index (χ1) is 15.7. The Labute approximate surface area is 198 Å². The van der Waals surface area contributed by atoms with Gasteiger partial charge in [-0.25, -0.2) is 5.06 Å². The second-order valence-electron chi connectivity index (χ2n) is 9.32. The van der Waals surface area contributed by atoms with Crippen LogP contribution in [0.25, 0.3) is 0 Å². The van der Waals surface area contributed by atoms with Crippen molar-refractivity contribution in [3.63, 3.8) is 0 Å².